The average molecular weight is 296 g/mol. The Balaban J connectivity index is 1.89. The second-order valence-corrected chi connectivity index (χ2v) is 6.21. The van der Waals surface area contributed by atoms with Crippen LogP contribution < -0.4 is 0 Å². The van der Waals surface area contributed by atoms with E-state index in [9.17, 15) is 4.39 Å². The van der Waals surface area contributed by atoms with Gasteiger partial charge in [-0.25, -0.2) is 4.39 Å². The molecule has 3 aromatic rings. The van der Waals surface area contributed by atoms with Gasteiger partial charge in [0, 0.05) is 5.56 Å². The van der Waals surface area contributed by atoms with Crippen LogP contribution in [0.2, 0.25) is 0 Å². The van der Waals surface area contributed by atoms with Crippen LogP contribution >= 0.6 is 0 Å². The highest BCUT2D eigenvalue weighted by molar-refractivity contribution is 5.55. The Bertz CT molecular complexity index is 768. The van der Waals surface area contributed by atoms with E-state index in [1.54, 1.807) is 12.1 Å². The highest BCUT2D eigenvalue weighted by Gasteiger charge is 2.14. The van der Waals surface area contributed by atoms with Crippen LogP contribution in [0.1, 0.15) is 26.3 Å². The second kappa shape index (κ2) is 5.33. The normalized spacial score (nSPS) is 11.6. The Morgan fingerprint density at radius 2 is 1.55 bits per heavy atom. The molecule has 0 saturated carbocycles. The number of tetrazole rings is 1. The van der Waals surface area contributed by atoms with Crippen molar-refractivity contribution in [3.8, 4) is 17.1 Å². The van der Waals surface area contributed by atoms with Gasteiger partial charge in [0.1, 0.15) is 5.82 Å². The van der Waals surface area contributed by atoms with Crippen LogP contribution in [0.15, 0.2) is 48.5 Å². The van der Waals surface area contributed by atoms with Gasteiger partial charge >= 0.3 is 0 Å². The molecule has 0 N–H and O–H groups in total. The van der Waals surface area contributed by atoms with Gasteiger partial charge in [-0.1, -0.05) is 45.0 Å². The van der Waals surface area contributed by atoms with Gasteiger partial charge in [-0.05, 0) is 40.5 Å². The topological polar surface area (TPSA) is 43.6 Å². The molecular formula is C17H17FN4. The fourth-order valence-electron chi connectivity index (χ4n) is 2.13. The Kier molecular flexibility index (Phi) is 3.48. The Morgan fingerprint density at radius 3 is 2.14 bits per heavy atom. The molecule has 0 bridgehead atoms. The highest BCUT2D eigenvalue weighted by atomic mass is 19.1. The van der Waals surface area contributed by atoms with Crippen molar-refractivity contribution in [1.29, 1.82) is 0 Å². The molecule has 0 radical (unpaired) electrons. The Morgan fingerprint density at radius 1 is 0.909 bits per heavy atom. The molecule has 0 aliphatic carbocycles. The summed E-state index contributed by atoms with van der Waals surface area (Å²) in [6.07, 6.45) is 0. The van der Waals surface area contributed by atoms with Crippen LogP contribution in [0.5, 0.6) is 0 Å². The molecule has 2 aromatic carbocycles. The van der Waals surface area contributed by atoms with Gasteiger partial charge in [0.05, 0.1) is 5.69 Å². The van der Waals surface area contributed by atoms with E-state index in [0.29, 0.717) is 11.5 Å². The fraction of sp³-hybridized carbons (Fsp3) is 0.235. The lowest BCUT2D eigenvalue weighted by Gasteiger charge is -2.18. The molecular weight excluding hydrogens is 279 g/mol. The first-order chi connectivity index (χ1) is 10.4. The number of aromatic nitrogens is 4. The molecule has 1 aromatic heterocycles. The van der Waals surface area contributed by atoms with Crippen LogP contribution in [0.25, 0.3) is 17.1 Å². The molecule has 22 heavy (non-hydrogen) atoms. The molecule has 0 saturated heterocycles. The smallest absolute Gasteiger partial charge is 0.205 e. The molecule has 0 spiro atoms. The average Bonchev–Trinajstić information content (AvgIpc) is 2.97. The molecule has 0 aliphatic rings. The van der Waals surface area contributed by atoms with Gasteiger partial charge in [-0.2, -0.15) is 0 Å². The van der Waals surface area contributed by atoms with Crippen LogP contribution in [0.3, 0.4) is 0 Å². The van der Waals surface area contributed by atoms with Crippen molar-refractivity contribution in [3.63, 3.8) is 0 Å². The van der Waals surface area contributed by atoms with Gasteiger partial charge in [-0.3, -0.25) is 0 Å². The summed E-state index contributed by atoms with van der Waals surface area (Å²) in [5.74, 6) is 0.256. The van der Waals surface area contributed by atoms with Gasteiger partial charge in [0.2, 0.25) is 5.82 Å². The van der Waals surface area contributed by atoms with Gasteiger partial charge in [-0.15, -0.1) is 15.0 Å². The van der Waals surface area contributed by atoms with E-state index in [0.717, 1.165) is 5.56 Å². The molecule has 3 rings (SSSR count). The fourth-order valence-corrected chi connectivity index (χ4v) is 2.13. The molecule has 0 amide bonds. The summed E-state index contributed by atoms with van der Waals surface area (Å²) in [6.45, 7) is 6.52. The van der Waals surface area contributed by atoms with Crippen molar-refractivity contribution in [2.75, 3.05) is 0 Å². The van der Waals surface area contributed by atoms with Crippen molar-refractivity contribution in [2.45, 2.75) is 26.2 Å². The highest BCUT2D eigenvalue weighted by Crippen LogP contribution is 2.24. The van der Waals surface area contributed by atoms with E-state index >= 15 is 0 Å². The maximum absolute atomic E-state index is 12.9. The first-order valence-corrected chi connectivity index (χ1v) is 7.10. The third kappa shape index (κ3) is 2.88. The molecule has 0 aliphatic heterocycles. The lowest BCUT2D eigenvalue weighted by Crippen LogP contribution is -2.10. The number of halogens is 1. The van der Waals surface area contributed by atoms with Crippen molar-refractivity contribution in [2.24, 2.45) is 0 Å². The minimum Gasteiger partial charge on any atom is -0.207 e. The van der Waals surface area contributed by atoms with Crippen molar-refractivity contribution in [3.05, 3.63) is 59.9 Å². The molecule has 4 nitrogen and oxygen atoms in total. The molecule has 1 heterocycles. The zero-order chi connectivity index (χ0) is 15.7. The summed E-state index contributed by atoms with van der Waals surface area (Å²) < 4.78 is 12.9. The first-order valence-electron chi connectivity index (χ1n) is 7.10. The van der Waals surface area contributed by atoms with E-state index in [1.807, 2.05) is 12.1 Å². The summed E-state index contributed by atoms with van der Waals surface area (Å²) >= 11 is 0. The maximum Gasteiger partial charge on any atom is 0.205 e. The largest absolute Gasteiger partial charge is 0.207 e. The lowest BCUT2D eigenvalue weighted by atomic mass is 9.87. The zero-order valence-electron chi connectivity index (χ0n) is 12.8. The number of hydrogen-bond acceptors (Lipinski definition) is 3. The van der Waals surface area contributed by atoms with Crippen LogP contribution in [-0.4, -0.2) is 20.2 Å². The van der Waals surface area contributed by atoms with Crippen LogP contribution in [0.4, 0.5) is 4.39 Å². The number of rotatable bonds is 2. The number of nitrogens with zero attached hydrogens (tertiary/aromatic N) is 4. The van der Waals surface area contributed by atoms with Gasteiger partial charge in [0.25, 0.3) is 0 Å². The quantitative estimate of drug-likeness (QED) is 0.723. The monoisotopic (exact) mass is 296 g/mol. The minimum absolute atomic E-state index is 0.109. The third-order valence-electron chi connectivity index (χ3n) is 3.48. The molecule has 5 heteroatoms. The first kappa shape index (κ1) is 14.4. The summed E-state index contributed by atoms with van der Waals surface area (Å²) in [6, 6.07) is 14.1. The standard InChI is InChI=1S/C17H17FN4/c1-17(2,3)13-6-4-12(5-7-13)16-19-21-22(20-16)15-10-8-14(18)9-11-15/h4-11H,1-3H3. The number of benzene rings is 2. The SMILES string of the molecule is CC(C)(C)c1ccc(-c2nnn(-c3ccc(F)cc3)n2)cc1. The maximum atomic E-state index is 12.9. The van der Waals surface area contributed by atoms with E-state index in [-0.39, 0.29) is 11.2 Å². The Hall–Kier alpha value is -2.56. The zero-order valence-corrected chi connectivity index (χ0v) is 12.8. The van der Waals surface area contributed by atoms with Gasteiger partial charge in [0.15, 0.2) is 0 Å². The van der Waals surface area contributed by atoms with E-state index < -0.39 is 0 Å². The third-order valence-corrected chi connectivity index (χ3v) is 3.48. The second-order valence-electron chi connectivity index (χ2n) is 6.21. The Labute approximate surface area is 128 Å². The van der Waals surface area contributed by atoms with E-state index in [1.165, 1.54) is 22.5 Å². The van der Waals surface area contributed by atoms with Crippen molar-refractivity contribution in [1.82, 2.24) is 20.2 Å². The van der Waals surface area contributed by atoms with Crippen molar-refractivity contribution >= 4 is 0 Å². The minimum atomic E-state index is -0.290. The molecule has 0 fully saturated rings. The lowest BCUT2D eigenvalue weighted by molar-refractivity contribution is 0.590. The predicted octanol–water partition coefficient (Wildman–Crippen LogP) is 3.77. The van der Waals surface area contributed by atoms with Crippen LogP contribution in [0, 0.1) is 5.82 Å². The summed E-state index contributed by atoms with van der Waals surface area (Å²) in [7, 11) is 0. The molecule has 0 unspecified atom stereocenters. The van der Waals surface area contributed by atoms with E-state index in [4.69, 9.17) is 0 Å². The number of hydrogen-bond donors (Lipinski definition) is 0. The molecule has 0 atom stereocenters. The predicted molar refractivity (Wildman–Crippen MR) is 83.2 cm³/mol. The summed E-state index contributed by atoms with van der Waals surface area (Å²) in [5, 5.41) is 12.4. The van der Waals surface area contributed by atoms with Crippen molar-refractivity contribution < 1.29 is 4.39 Å². The van der Waals surface area contributed by atoms with E-state index in [2.05, 4.69) is 48.3 Å². The van der Waals surface area contributed by atoms with Gasteiger partial charge < -0.3 is 0 Å². The van der Waals surface area contributed by atoms with Crippen LogP contribution in [-0.2, 0) is 5.41 Å². The molecule has 112 valence electrons. The summed E-state index contributed by atoms with van der Waals surface area (Å²) in [4.78, 5) is 1.40. The summed E-state index contributed by atoms with van der Waals surface area (Å²) in [5.41, 5.74) is 2.94.